The first kappa shape index (κ1) is 18.3. The quantitative estimate of drug-likeness (QED) is 0.619. The van der Waals surface area contributed by atoms with Crippen LogP contribution in [-0.4, -0.2) is 43.4 Å². The molecular formula is C16H19N7O4. The van der Waals surface area contributed by atoms with Gasteiger partial charge in [0.1, 0.15) is 5.76 Å². The topological polar surface area (TPSA) is 141 Å². The van der Waals surface area contributed by atoms with Gasteiger partial charge in [0.2, 0.25) is 5.91 Å². The summed E-state index contributed by atoms with van der Waals surface area (Å²) in [6, 6.07) is 3.54. The molecule has 2 N–H and O–H groups in total. The second-order valence-corrected chi connectivity index (χ2v) is 5.97. The van der Waals surface area contributed by atoms with Crippen LogP contribution >= 0.6 is 0 Å². The highest BCUT2D eigenvalue weighted by Gasteiger charge is 2.17. The zero-order valence-corrected chi connectivity index (χ0v) is 15.1. The predicted molar refractivity (Wildman–Crippen MR) is 91.9 cm³/mol. The van der Waals surface area contributed by atoms with Crippen LogP contribution < -0.4 is 10.6 Å². The van der Waals surface area contributed by atoms with Gasteiger partial charge in [-0.25, -0.2) is 0 Å². The van der Waals surface area contributed by atoms with E-state index >= 15 is 0 Å². The summed E-state index contributed by atoms with van der Waals surface area (Å²) in [7, 11) is 0. The van der Waals surface area contributed by atoms with Gasteiger partial charge in [0.05, 0.1) is 18.7 Å². The second kappa shape index (κ2) is 7.81. The number of hydrogen-bond donors (Lipinski definition) is 2. The summed E-state index contributed by atoms with van der Waals surface area (Å²) in [5.74, 6) is -0.157. The number of anilines is 1. The van der Waals surface area contributed by atoms with Crippen molar-refractivity contribution in [2.45, 2.75) is 33.7 Å². The summed E-state index contributed by atoms with van der Waals surface area (Å²) in [5.41, 5.74) is 1.93. The molecule has 3 aromatic heterocycles. The molecule has 0 aromatic carbocycles. The second-order valence-electron chi connectivity index (χ2n) is 5.97. The van der Waals surface area contributed by atoms with E-state index in [1.165, 1.54) is 0 Å². The van der Waals surface area contributed by atoms with Crippen LogP contribution in [0.5, 0.6) is 0 Å². The highest BCUT2D eigenvalue weighted by atomic mass is 16.5. The third-order valence-electron chi connectivity index (χ3n) is 3.59. The van der Waals surface area contributed by atoms with Crippen molar-refractivity contribution in [2.24, 2.45) is 0 Å². The van der Waals surface area contributed by atoms with E-state index in [1.54, 1.807) is 17.7 Å². The molecule has 0 fully saturated rings. The van der Waals surface area contributed by atoms with E-state index in [-0.39, 0.29) is 18.1 Å². The molecule has 3 rings (SSSR count). The van der Waals surface area contributed by atoms with Crippen LogP contribution in [0.1, 0.15) is 33.7 Å². The van der Waals surface area contributed by atoms with Crippen LogP contribution in [0, 0.1) is 20.8 Å². The molecule has 0 saturated carbocycles. The van der Waals surface area contributed by atoms with Gasteiger partial charge >= 0.3 is 11.8 Å². The number of rotatable bonds is 7. The molecule has 0 unspecified atom stereocenters. The Hall–Kier alpha value is -3.50. The van der Waals surface area contributed by atoms with E-state index in [0.717, 1.165) is 11.4 Å². The lowest BCUT2D eigenvalue weighted by Crippen LogP contribution is -2.28. The fourth-order valence-electron chi connectivity index (χ4n) is 2.43. The number of carbonyl (C=O) groups excluding carboxylic acids is 2. The third-order valence-corrected chi connectivity index (χ3v) is 3.59. The minimum Gasteiger partial charge on any atom is -0.360 e. The Labute approximate surface area is 154 Å². The molecule has 0 saturated heterocycles. The number of nitrogens with one attached hydrogen (secondary N) is 2. The Kier molecular flexibility index (Phi) is 5.29. The highest BCUT2D eigenvalue weighted by molar-refractivity contribution is 5.91. The van der Waals surface area contributed by atoms with Crippen LogP contribution in [0.3, 0.4) is 0 Å². The number of carbonyl (C=O) groups is 2. The maximum Gasteiger partial charge on any atom is 0.315 e. The minimum atomic E-state index is -0.511. The molecule has 3 heterocycles. The van der Waals surface area contributed by atoms with E-state index in [2.05, 4.69) is 31.0 Å². The first-order valence-corrected chi connectivity index (χ1v) is 8.25. The molecule has 11 nitrogen and oxygen atoms in total. The van der Waals surface area contributed by atoms with Crippen molar-refractivity contribution >= 4 is 17.6 Å². The summed E-state index contributed by atoms with van der Waals surface area (Å²) in [4.78, 5) is 27.9. The van der Waals surface area contributed by atoms with E-state index in [0.29, 0.717) is 24.7 Å². The van der Waals surface area contributed by atoms with Crippen molar-refractivity contribution in [1.82, 2.24) is 30.4 Å². The first-order valence-electron chi connectivity index (χ1n) is 8.25. The number of hydrogen-bond acceptors (Lipinski definition) is 8. The lowest BCUT2D eigenvalue weighted by atomic mass is 10.3. The summed E-state index contributed by atoms with van der Waals surface area (Å²) in [5, 5.41) is 16.8. The summed E-state index contributed by atoms with van der Waals surface area (Å²) in [6.45, 7) is 6.43. The normalized spacial score (nSPS) is 10.8. The Morgan fingerprint density at radius 3 is 2.63 bits per heavy atom. The molecular weight excluding hydrogens is 354 g/mol. The van der Waals surface area contributed by atoms with Crippen LogP contribution in [0.4, 0.5) is 5.82 Å². The van der Waals surface area contributed by atoms with Crippen molar-refractivity contribution in [1.29, 1.82) is 0 Å². The largest absolute Gasteiger partial charge is 0.360 e. The zero-order valence-electron chi connectivity index (χ0n) is 15.1. The Balaban J connectivity index is 1.48. The molecule has 0 radical (unpaired) electrons. The van der Waals surface area contributed by atoms with Gasteiger partial charge in [-0.3, -0.25) is 14.3 Å². The molecule has 0 bridgehead atoms. The fraction of sp³-hybridized carbons (Fsp3) is 0.375. The van der Waals surface area contributed by atoms with Gasteiger partial charge in [-0.1, -0.05) is 10.3 Å². The van der Waals surface area contributed by atoms with Gasteiger partial charge in [0, 0.05) is 18.3 Å². The van der Waals surface area contributed by atoms with Gasteiger partial charge in [0.25, 0.3) is 0 Å². The van der Waals surface area contributed by atoms with E-state index < -0.39 is 11.8 Å². The number of amides is 2. The molecule has 27 heavy (non-hydrogen) atoms. The van der Waals surface area contributed by atoms with E-state index in [9.17, 15) is 9.59 Å². The Bertz CT molecular complexity index is 956. The Morgan fingerprint density at radius 2 is 1.96 bits per heavy atom. The van der Waals surface area contributed by atoms with Gasteiger partial charge in [-0.15, -0.1) is 0 Å². The van der Waals surface area contributed by atoms with Crippen molar-refractivity contribution in [3.63, 3.8) is 0 Å². The van der Waals surface area contributed by atoms with Gasteiger partial charge < -0.3 is 19.7 Å². The van der Waals surface area contributed by atoms with Gasteiger partial charge in [-0.05, 0) is 26.8 Å². The average molecular weight is 373 g/mol. The number of aromatic nitrogens is 5. The number of aryl methyl sites for hydroxylation is 3. The molecule has 2 amide bonds. The Morgan fingerprint density at radius 1 is 1.15 bits per heavy atom. The van der Waals surface area contributed by atoms with E-state index in [1.807, 2.05) is 19.9 Å². The lowest BCUT2D eigenvalue weighted by Gasteiger charge is -2.04. The molecule has 0 aliphatic heterocycles. The molecule has 142 valence electrons. The van der Waals surface area contributed by atoms with Crippen molar-refractivity contribution in [2.75, 3.05) is 11.9 Å². The molecule has 0 atom stereocenters. The smallest absolute Gasteiger partial charge is 0.315 e. The summed E-state index contributed by atoms with van der Waals surface area (Å²) in [6.07, 6.45) is -0.158. The standard InChI is InChI=1S/C16H19N7O4/c1-9-6-10(2)23(20-9)5-4-17-15(25)16-19-13(22-27-16)8-14(24)18-12-7-11(3)26-21-12/h6-7H,4-5,8H2,1-3H3,(H,17,25)(H,18,21,24). The van der Waals surface area contributed by atoms with Crippen LogP contribution in [0.25, 0.3) is 0 Å². The first-order chi connectivity index (χ1) is 12.9. The lowest BCUT2D eigenvalue weighted by molar-refractivity contribution is -0.115. The predicted octanol–water partition coefficient (Wildman–Crippen LogP) is 0.791. The van der Waals surface area contributed by atoms with Gasteiger partial charge in [-0.2, -0.15) is 10.1 Å². The van der Waals surface area contributed by atoms with Crippen LogP contribution in [0.2, 0.25) is 0 Å². The third kappa shape index (κ3) is 4.77. The number of nitrogens with zero attached hydrogens (tertiary/aromatic N) is 5. The molecule has 0 aliphatic carbocycles. The molecule has 11 heteroatoms. The summed E-state index contributed by atoms with van der Waals surface area (Å²) < 4.78 is 11.6. The van der Waals surface area contributed by atoms with Crippen molar-refractivity contribution < 1.29 is 18.6 Å². The van der Waals surface area contributed by atoms with Crippen molar-refractivity contribution in [3.8, 4) is 0 Å². The van der Waals surface area contributed by atoms with E-state index in [4.69, 9.17) is 9.05 Å². The van der Waals surface area contributed by atoms with Crippen molar-refractivity contribution in [3.05, 3.63) is 41.0 Å². The van der Waals surface area contributed by atoms with Gasteiger partial charge in [0.15, 0.2) is 11.6 Å². The molecule has 0 spiro atoms. The fourth-order valence-corrected chi connectivity index (χ4v) is 2.43. The maximum atomic E-state index is 12.1. The van der Waals surface area contributed by atoms with Crippen LogP contribution in [0.15, 0.2) is 21.2 Å². The monoisotopic (exact) mass is 373 g/mol. The SMILES string of the molecule is Cc1cc(C)n(CCNC(=O)c2nc(CC(=O)Nc3cc(C)on3)no2)n1. The average Bonchev–Trinajstić information content (AvgIpc) is 3.29. The highest BCUT2D eigenvalue weighted by Crippen LogP contribution is 2.08. The molecule has 3 aromatic rings. The molecule has 0 aliphatic rings. The zero-order chi connectivity index (χ0) is 19.4. The summed E-state index contributed by atoms with van der Waals surface area (Å²) >= 11 is 0. The minimum absolute atomic E-state index is 0.0939. The van der Waals surface area contributed by atoms with Crippen LogP contribution in [-0.2, 0) is 17.8 Å². The maximum absolute atomic E-state index is 12.1.